The number of hydrogen-bond acceptors (Lipinski definition) is 5. The summed E-state index contributed by atoms with van der Waals surface area (Å²) in [6.45, 7) is 6.10. The second kappa shape index (κ2) is 8.99. The molecule has 1 amide bonds. The molecule has 0 aliphatic heterocycles. The summed E-state index contributed by atoms with van der Waals surface area (Å²) in [7, 11) is 0. The predicted octanol–water partition coefficient (Wildman–Crippen LogP) is 3.13. The molecule has 0 saturated heterocycles. The summed E-state index contributed by atoms with van der Waals surface area (Å²) in [6, 6.07) is 5.30. The van der Waals surface area contributed by atoms with E-state index in [-0.39, 0.29) is 5.91 Å². The number of amides is 1. The van der Waals surface area contributed by atoms with Gasteiger partial charge in [0.15, 0.2) is 11.9 Å². The smallest absolute Gasteiger partial charge is 0.340 e. The van der Waals surface area contributed by atoms with Crippen LogP contribution in [0.15, 0.2) is 24.4 Å². The molecule has 28 heavy (non-hydrogen) atoms. The SMILES string of the molecule is Cc1cc(C)n(-c2ccc(C(=O)OC(C)C(=O)NCC3CCCCC3)cn2)n1. The van der Waals surface area contributed by atoms with E-state index >= 15 is 0 Å². The molecule has 1 fully saturated rings. The van der Waals surface area contributed by atoms with E-state index in [1.807, 2.05) is 19.9 Å². The number of aryl methyl sites for hydroxylation is 2. The highest BCUT2D eigenvalue weighted by Gasteiger charge is 2.21. The molecule has 1 unspecified atom stereocenters. The van der Waals surface area contributed by atoms with E-state index in [4.69, 9.17) is 4.74 Å². The van der Waals surface area contributed by atoms with Crippen molar-refractivity contribution in [3.63, 3.8) is 0 Å². The third-order valence-corrected chi connectivity index (χ3v) is 5.15. The summed E-state index contributed by atoms with van der Waals surface area (Å²) >= 11 is 0. The van der Waals surface area contributed by atoms with Crippen molar-refractivity contribution >= 4 is 11.9 Å². The van der Waals surface area contributed by atoms with E-state index in [0.717, 1.165) is 24.2 Å². The Morgan fingerprint density at radius 2 is 2.00 bits per heavy atom. The molecular weight excluding hydrogens is 356 g/mol. The Kier molecular flexibility index (Phi) is 6.44. The molecule has 0 aromatic carbocycles. The Hall–Kier alpha value is -2.70. The van der Waals surface area contributed by atoms with Crippen LogP contribution in [-0.2, 0) is 9.53 Å². The van der Waals surface area contributed by atoms with Crippen molar-refractivity contribution in [2.75, 3.05) is 6.54 Å². The summed E-state index contributed by atoms with van der Waals surface area (Å²) in [5, 5.41) is 7.28. The van der Waals surface area contributed by atoms with Gasteiger partial charge in [-0.15, -0.1) is 0 Å². The normalized spacial score (nSPS) is 15.8. The van der Waals surface area contributed by atoms with Gasteiger partial charge in [-0.25, -0.2) is 14.5 Å². The van der Waals surface area contributed by atoms with Gasteiger partial charge >= 0.3 is 5.97 Å². The van der Waals surface area contributed by atoms with E-state index in [0.29, 0.717) is 23.8 Å². The number of nitrogens with zero attached hydrogens (tertiary/aromatic N) is 3. The molecule has 7 nitrogen and oxygen atoms in total. The second-order valence-corrected chi connectivity index (χ2v) is 7.54. The molecule has 2 aromatic heterocycles. The lowest BCUT2D eigenvalue weighted by Crippen LogP contribution is -2.38. The summed E-state index contributed by atoms with van der Waals surface area (Å²) in [4.78, 5) is 28.8. The average Bonchev–Trinajstić information content (AvgIpc) is 3.05. The first-order chi connectivity index (χ1) is 13.4. The number of carbonyl (C=O) groups is 2. The van der Waals surface area contributed by atoms with Crippen molar-refractivity contribution in [1.82, 2.24) is 20.1 Å². The van der Waals surface area contributed by atoms with E-state index in [9.17, 15) is 9.59 Å². The van der Waals surface area contributed by atoms with Crippen LogP contribution in [0, 0.1) is 19.8 Å². The molecule has 7 heteroatoms. The van der Waals surface area contributed by atoms with Gasteiger partial charge in [0.25, 0.3) is 5.91 Å². The van der Waals surface area contributed by atoms with Gasteiger partial charge in [0, 0.05) is 18.4 Å². The fraction of sp³-hybridized carbons (Fsp3) is 0.524. The zero-order valence-electron chi connectivity index (χ0n) is 16.8. The first kappa shape index (κ1) is 20.0. The number of ether oxygens (including phenoxy) is 1. The zero-order valence-corrected chi connectivity index (χ0v) is 16.8. The molecule has 1 atom stereocenters. The van der Waals surface area contributed by atoms with Crippen molar-refractivity contribution in [1.29, 1.82) is 0 Å². The predicted molar refractivity (Wildman–Crippen MR) is 105 cm³/mol. The van der Waals surface area contributed by atoms with Crippen LogP contribution in [-0.4, -0.2) is 39.3 Å². The molecule has 1 N–H and O–H groups in total. The van der Waals surface area contributed by atoms with Gasteiger partial charge in [-0.3, -0.25) is 4.79 Å². The topological polar surface area (TPSA) is 86.1 Å². The number of nitrogens with one attached hydrogen (secondary N) is 1. The number of pyridine rings is 1. The van der Waals surface area contributed by atoms with Crippen LogP contribution in [0.5, 0.6) is 0 Å². The molecule has 0 bridgehead atoms. The highest BCUT2D eigenvalue weighted by Crippen LogP contribution is 2.22. The summed E-state index contributed by atoms with van der Waals surface area (Å²) in [5.41, 5.74) is 2.16. The third kappa shape index (κ3) is 4.97. The van der Waals surface area contributed by atoms with Crippen LogP contribution in [0.4, 0.5) is 0 Å². The molecule has 1 aliphatic carbocycles. The van der Waals surface area contributed by atoms with E-state index in [1.54, 1.807) is 23.7 Å². The Morgan fingerprint density at radius 1 is 1.25 bits per heavy atom. The minimum atomic E-state index is -0.841. The molecule has 150 valence electrons. The van der Waals surface area contributed by atoms with Gasteiger partial charge in [0.05, 0.1) is 11.3 Å². The zero-order chi connectivity index (χ0) is 20.1. The maximum absolute atomic E-state index is 12.3. The fourth-order valence-corrected chi connectivity index (χ4v) is 3.55. The monoisotopic (exact) mass is 384 g/mol. The summed E-state index contributed by atoms with van der Waals surface area (Å²) < 4.78 is 7.01. The van der Waals surface area contributed by atoms with Crippen LogP contribution >= 0.6 is 0 Å². The van der Waals surface area contributed by atoms with Crippen LogP contribution in [0.3, 0.4) is 0 Å². The lowest BCUT2D eigenvalue weighted by atomic mass is 9.89. The summed E-state index contributed by atoms with van der Waals surface area (Å²) in [5.74, 6) is 0.339. The highest BCUT2D eigenvalue weighted by molar-refractivity contribution is 5.92. The quantitative estimate of drug-likeness (QED) is 0.774. The Bertz CT molecular complexity index is 823. The van der Waals surface area contributed by atoms with Gasteiger partial charge in [0.2, 0.25) is 0 Å². The minimum Gasteiger partial charge on any atom is -0.449 e. The molecular formula is C21H28N4O3. The van der Waals surface area contributed by atoms with Crippen molar-refractivity contribution in [3.05, 3.63) is 41.3 Å². The molecule has 2 aromatic rings. The van der Waals surface area contributed by atoms with Crippen molar-refractivity contribution in [2.45, 2.75) is 59.0 Å². The largest absolute Gasteiger partial charge is 0.449 e. The van der Waals surface area contributed by atoms with Crippen LogP contribution in [0.1, 0.15) is 60.8 Å². The molecule has 2 heterocycles. The standard InChI is InChI=1S/C21H28N4O3/c1-14-11-15(2)25(24-14)19-10-9-18(13-22-19)21(27)28-16(3)20(26)23-12-17-7-5-4-6-8-17/h9-11,13,16-17H,4-8,12H2,1-3H3,(H,23,26). The number of carbonyl (C=O) groups excluding carboxylic acids is 2. The fourth-order valence-electron chi connectivity index (χ4n) is 3.55. The maximum Gasteiger partial charge on any atom is 0.340 e. The first-order valence-electron chi connectivity index (χ1n) is 9.92. The van der Waals surface area contributed by atoms with Gasteiger partial charge in [-0.1, -0.05) is 19.3 Å². The van der Waals surface area contributed by atoms with Crippen LogP contribution in [0.25, 0.3) is 5.82 Å². The molecule has 0 spiro atoms. The minimum absolute atomic E-state index is 0.258. The molecule has 3 rings (SSSR count). The molecule has 1 aliphatic rings. The van der Waals surface area contributed by atoms with Gasteiger partial charge in [0.1, 0.15) is 0 Å². The van der Waals surface area contributed by atoms with E-state index in [2.05, 4.69) is 15.4 Å². The van der Waals surface area contributed by atoms with Crippen LogP contribution < -0.4 is 5.32 Å². The average molecular weight is 384 g/mol. The van der Waals surface area contributed by atoms with Gasteiger partial charge < -0.3 is 10.1 Å². The Balaban J connectivity index is 1.53. The summed E-state index contributed by atoms with van der Waals surface area (Å²) in [6.07, 6.45) is 6.65. The van der Waals surface area contributed by atoms with Gasteiger partial charge in [-0.2, -0.15) is 5.10 Å². The van der Waals surface area contributed by atoms with E-state index in [1.165, 1.54) is 25.5 Å². The second-order valence-electron chi connectivity index (χ2n) is 7.54. The van der Waals surface area contributed by atoms with Crippen LogP contribution in [0.2, 0.25) is 0 Å². The molecule has 0 radical (unpaired) electrons. The Labute approximate surface area is 165 Å². The highest BCUT2D eigenvalue weighted by atomic mass is 16.5. The van der Waals surface area contributed by atoms with Crippen molar-refractivity contribution < 1.29 is 14.3 Å². The first-order valence-corrected chi connectivity index (χ1v) is 9.92. The number of esters is 1. The van der Waals surface area contributed by atoms with Crippen molar-refractivity contribution in [2.24, 2.45) is 5.92 Å². The van der Waals surface area contributed by atoms with Crippen molar-refractivity contribution in [3.8, 4) is 5.82 Å². The lowest BCUT2D eigenvalue weighted by Gasteiger charge is -2.22. The van der Waals surface area contributed by atoms with Gasteiger partial charge in [-0.05, 0) is 57.7 Å². The number of rotatable bonds is 6. The maximum atomic E-state index is 12.3. The number of aromatic nitrogens is 3. The number of hydrogen-bond donors (Lipinski definition) is 1. The third-order valence-electron chi connectivity index (χ3n) is 5.15. The Morgan fingerprint density at radius 3 is 2.61 bits per heavy atom. The molecule has 1 saturated carbocycles. The van der Waals surface area contributed by atoms with E-state index < -0.39 is 12.1 Å². The lowest BCUT2D eigenvalue weighted by molar-refractivity contribution is -0.129.